The zero-order chi connectivity index (χ0) is 11.5. The van der Waals surface area contributed by atoms with E-state index in [4.69, 9.17) is 4.43 Å². The number of halogens is 2. The van der Waals surface area contributed by atoms with E-state index < -0.39 is 17.2 Å². The minimum atomic E-state index is -0.546. The Hall–Kier alpha value is -0.743. The topological polar surface area (TPSA) is 9.23 Å². The molecule has 1 aromatic rings. The number of rotatable bonds is 4. The minimum Gasteiger partial charge on any atom is -0.418 e. The molecule has 0 bridgehead atoms. The fourth-order valence-electron chi connectivity index (χ4n) is 1.88. The van der Waals surface area contributed by atoms with Crippen LogP contribution in [0, 0.1) is 11.6 Å². The Morgan fingerprint density at radius 2 is 1.60 bits per heavy atom. The Balaban J connectivity index is 3.22. The van der Waals surface area contributed by atoms with Gasteiger partial charge < -0.3 is 4.43 Å². The highest BCUT2D eigenvalue weighted by Crippen LogP contribution is 2.32. The molecule has 1 nitrogen and oxygen atoms in total. The Kier molecular flexibility index (Phi) is 3.99. The summed E-state index contributed by atoms with van der Waals surface area (Å²) in [5, 5.41) is 0. The van der Waals surface area contributed by atoms with Crippen LogP contribution in [0.2, 0.25) is 0 Å². The van der Waals surface area contributed by atoms with Crippen molar-refractivity contribution in [3.63, 3.8) is 0 Å². The van der Waals surface area contributed by atoms with E-state index >= 15 is 0 Å². The van der Waals surface area contributed by atoms with E-state index in [1.807, 2.05) is 13.8 Å². The Morgan fingerprint density at radius 1 is 1.13 bits per heavy atom. The lowest BCUT2D eigenvalue weighted by molar-refractivity contribution is 0.0678. The van der Waals surface area contributed by atoms with Gasteiger partial charge in [0, 0.05) is 6.07 Å². The van der Waals surface area contributed by atoms with Crippen molar-refractivity contribution in [2.45, 2.75) is 32.3 Å². The van der Waals surface area contributed by atoms with Gasteiger partial charge in [-0.2, -0.15) is 0 Å². The van der Waals surface area contributed by atoms with Gasteiger partial charge in [-0.1, -0.05) is 13.8 Å². The van der Waals surface area contributed by atoms with Gasteiger partial charge in [-0.15, -0.1) is 0 Å². The lowest BCUT2D eigenvalue weighted by atomic mass is 9.88. The van der Waals surface area contributed by atoms with Crippen molar-refractivity contribution >= 4 is 10.5 Å². The first-order valence-corrected chi connectivity index (χ1v) is 5.91. The highest BCUT2D eigenvalue weighted by atomic mass is 28.2. The van der Waals surface area contributed by atoms with Gasteiger partial charge in [0.05, 0.1) is 5.60 Å². The fraction of sp³-hybridized carbons (Fsp3) is 0.455. The summed E-state index contributed by atoms with van der Waals surface area (Å²) in [6.07, 6.45) is 1.44. The molecular formula is C11H16F2OSi. The fourth-order valence-corrected chi connectivity index (χ4v) is 2.69. The average molecular weight is 230 g/mol. The molecule has 84 valence electrons. The smallest absolute Gasteiger partial charge is 0.147 e. The van der Waals surface area contributed by atoms with Crippen LogP contribution in [0.5, 0.6) is 0 Å². The molecule has 0 aliphatic carbocycles. The second kappa shape index (κ2) is 4.85. The van der Waals surface area contributed by atoms with E-state index in [1.54, 1.807) is 0 Å². The van der Waals surface area contributed by atoms with Crippen molar-refractivity contribution in [2.75, 3.05) is 0 Å². The van der Waals surface area contributed by atoms with Gasteiger partial charge in [0.2, 0.25) is 0 Å². The first kappa shape index (κ1) is 12.3. The molecule has 15 heavy (non-hydrogen) atoms. The maximum absolute atomic E-state index is 13.1. The molecule has 0 aliphatic rings. The molecule has 0 aromatic heterocycles. The summed E-state index contributed by atoms with van der Waals surface area (Å²) in [4.78, 5) is 0. The maximum atomic E-state index is 13.1. The first-order valence-electron chi connectivity index (χ1n) is 5.09. The summed E-state index contributed by atoms with van der Waals surface area (Å²) in [5.41, 5.74) is 0.0785. The van der Waals surface area contributed by atoms with E-state index in [0.29, 0.717) is 16.0 Å². The molecule has 0 atom stereocenters. The molecule has 0 N–H and O–H groups in total. The van der Waals surface area contributed by atoms with E-state index in [9.17, 15) is 8.78 Å². The molecule has 0 saturated heterocycles. The largest absolute Gasteiger partial charge is 0.418 e. The van der Waals surface area contributed by atoms with Crippen molar-refractivity contribution < 1.29 is 13.2 Å². The highest BCUT2D eigenvalue weighted by molar-refractivity contribution is 5.98. The van der Waals surface area contributed by atoms with Gasteiger partial charge in [0.1, 0.15) is 22.1 Å². The lowest BCUT2D eigenvalue weighted by Crippen LogP contribution is -2.27. The van der Waals surface area contributed by atoms with Crippen LogP contribution in [0.4, 0.5) is 8.78 Å². The monoisotopic (exact) mass is 230 g/mol. The number of benzene rings is 1. The van der Waals surface area contributed by atoms with Gasteiger partial charge in [-0.25, -0.2) is 8.78 Å². The maximum Gasteiger partial charge on any atom is 0.147 e. The normalized spacial score (nSPS) is 12.0. The molecule has 4 heteroatoms. The lowest BCUT2D eigenvalue weighted by Gasteiger charge is -2.31. The summed E-state index contributed by atoms with van der Waals surface area (Å²) in [6.45, 7) is 3.93. The summed E-state index contributed by atoms with van der Waals surface area (Å²) < 4.78 is 31.7. The predicted molar refractivity (Wildman–Crippen MR) is 59.6 cm³/mol. The third-order valence-corrected chi connectivity index (χ3v) is 3.70. The molecule has 0 radical (unpaired) electrons. The highest BCUT2D eigenvalue weighted by Gasteiger charge is 2.28. The van der Waals surface area contributed by atoms with E-state index in [0.717, 1.165) is 18.9 Å². The third-order valence-electron chi connectivity index (χ3n) is 2.92. The SMILES string of the molecule is CCC(CC)(O[SiH3])c1cc(F)cc(F)c1. The van der Waals surface area contributed by atoms with Gasteiger partial charge >= 0.3 is 0 Å². The summed E-state index contributed by atoms with van der Waals surface area (Å²) in [5.74, 6) is -1.09. The van der Waals surface area contributed by atoms with Gasteiger partial charge in [-0.3, -0.25) is 0 Å². The van der Waals surface area contributed by atoms with Crippen LogP contribution in [0.15, 0.2) is 18.2 Å². The van der Waals surface area contributed by atoms with Crippen LogP contribution in [0.25, 0.3) is 0 Å². The first-order chi connectivity index (χ1) is 7.07. The number of hydrogen-bond acceptors (Lipinski definition) is 1. The second-order valence-electron chi connectivity index (χ2n) is 3.56. The summed E-state index contributed by atoms with van der Waals surface area (Å²) in [7, 11) is 0.551. The van der Waals surface area contributed by atoms with Crippen LogP contribution in [0.1, 0.15) is 32.3 Å². The van der Waals surface area contributed by atoms with Gasteiger partial charge in [0.15, 0.2) is 0 Å². The van der Waals surface area contributed by atoms with Crippen LogP contribution < -0.4 is 0 Å². The standard InChI is InChI=1S/C11H16F2OSi/c1-3-11(4-2,14-15)8-5-9(12)7-10(13)6-8/h5-7H,3-4H2,1-2,15H3. The van der Waals surface area contributed by atoms with Crippen LogP contribution in [-0.4, -0.2) is 10.5 Å². The summed E-state index contributed by atoms with van der Waals surface area (Å²) >= 11 is 0. The van der Waals surface area contributed by atoms with Crippen LogP contribution >= 0.6 is 0 Å². The Bertz CT molecular complexity index is 309. The van der Waals surface area contributed by atoms with Crippen molar-refractivity contribution in [1.82, 2.24) is 0 Å². The molecule has 0 aliphatic heterocycles. The zero-order valence-corrected chi connectivity index (χ0v) is 11.3. The molecular weight excluding hydrogens is 214 g/mol. The van der Waals surface area contributed by atoms with E-state index in [-0.39, 0.29) is 0 Å². The zero-order valence-electron chi connectivity index (χ0n) is 9.31. The van der Waals surface area contributed by atoms with Crippen molar-refractivity contribution in [2.24, 2.45) is 0 Å². The second-order valence-corrected chi connectivity index (χ2v) is 3.97. The Labute approximate surface area is 92.0 Å². The third kappa shape index (κ3) is 2.44. The quantitative estimate of drug-likeness (QED) is 0.721. The van der Waals surface area contributed by atoms with E-state index in [2.05, 4.69) is 0 Å². The molecule has 0 fully saturated rings. The Morgan fingerprint density at radius 3 is 1.93 bits per heavy atom. The van der Waals surface area contributed by atoms with Gasteiger partial charge in [-0.05, 0) is 30.5 Å². The van der Waals surface area contributed by atoms with Crippen molar-refractivity contribution in [3.05, 3.63) is 35.4 Å². The van der Waals surface area contributed by atoms with Crippen molar-refractivity contribution in [3.8, 4) is 0 Å². The number of hydrogen-bond donors (Lipinski definition) is 0. The molecule has 0 saturated carbocycles. The summed E-state index contributed by atoms with van der Waals surface area (Å²) in [6, 6.07) is 3.59. The predicted octanol–water partition coefficient (Wildman–Crippen LogP) is 2.28. The molecule has 0 spiro atoms. The average Bonchev–Trinajstić information content (AvgIpc) is 2.20. The minimum absolute atomic E-state index is 0.519. The molecule has 1 rings (SSSR count). The van der Waals surface area contributed by atoms with E-state index in [1.165, 1.54) is 12.1 Å². The van der Waals surface area contributed by atoms with Crippen LogP contribution in [0.3, 0.4) is 0 Å². The molecule has 0 unspecified atom stereocenters. The van der Waals surface area contributed by atoms with Crippen LogP contribution in [-0.2, 0) is 10.0 Å². The molecule has 1 aromatic carbocycles. The van der Waals surface area contributed by atoms with Gasteiger partial charge in [0.25, 0.3) is 0 Å². The van der Waals surface area contributed by atoms with Crippen molar-refractivity contribution in [1.29, 1.82) is 0 Å². The molecule has 0 amide bonds. The molecule has 0 heterocycles.